The molecule has 0 fully saturated rings. The normalized spacial score (nSPS) is 10.7. The molecule has 104 valence electrons. The van der Waals surface area contributed by atoms with Crippen LogP contribution in [0.3, 0.4) is 0 Å². The van der Waals surface area contributed by atoms with Gasteiger partial charge in [-0.05, 0) is 36.4 Å². The summed E-state index contributed by atoms with van der Waals surface area (Å²) in [6.45, 7) is -2.99. The first kappa shape index (κ1) is 14.0. The van der Waals surface area contributed by atoms with Gasteiger partial charge in [0.2, 0.25) is 0 Å². The van der Waals surface area contributed by atoms with Gasteiger partial charge < -0.3 is 4.74 Å². The Hall–Kier alpha value is -2.37. The number of ether oxygens (including phenoxy) is 1. The summed E-state index contributed by atoms with van der Waals surface area (Å²) in [4.78, 5) is 12.0. The Kier molecular flexibility index (Phi) is 4.02. The molecule has 0 saturated heterocycles. The fraction of sp³-hybridized carbons (Fsp3) is 0.0714. The van der Waals surface area contributed by atoms with Crippen LogP contribution in [0.5, 0.6) is 5.75 Å². The van der Waals surface area contributed by atoms with Gasteiger partial charge in [-0.2, -0.15) is 8.78 Å². The van der Waals surface area contributed by atoms with Gasteiger partial charge in [-0.15, -0.1) is 0 Å². The van der Waals surface area contributed by atoms with Crippen LogP contribution in [0.2, 0.25) is 0 Å². The standard InChI is InChI=1S/C14H8F4O2/c15-10-2-1-3-11(16)12(10)13(19)8-4-6-9(7-5-8)20-14(17)18/h1-7,14H. The predicted molar refractivity (Wildman–Crippen MR) is 62.9 cm³/mol. The van der Waals surface area contributed by atoms with Crippen LogP contribution in [0.25, 0.3) is 0 Å². The van der Waals surface area contributed by atoms with Gasteiger partial charge in [-0.1, -0.05) is 6.07 Å². The first-order valence-electron chi connectivity index (χ1n) is 5.52. The average Bonchev–Trinajstić information content (AvgIpc) is 2.38. The lowest BCUT2D eigenvalue weighted by Crippen LogP contribution is -2.08. The van der Waals surface area contributed by atoms with Crippen LogP contribution in [0.15, 0.2) is 42.5 Å². The molecule has 0 aromatic heterocycles. The van der Waals surface area contributed by atoms with E-state index in [1.54, 1.807) is 0 Å². The molecule has 0 spiro atoms. The number of carbonyl (C=O) groups is 1. The minimum absolute atomic E-state index is 0.0318. The number of hydrogen-bond donors (Lipinski definition) is 0. The number of halogens is 4. The lowest BCUT2D eigenvalue weighted by Gasteiger charge is -2.06. The van der Waals surface area contributed by atoms with E-state index in [1.807, 2.05) is 0 Å². The van der Waals surface area contributed by atoms with Gasteiger partial charge in [0.1, 0.15) is 17.4 Å². The van der Waals surface area contributed by atoms with E-state index < -0.39 is 29.6 Å². The summed E-state index contributed by atoms with van der Waals surface area (Å²) in [6, 6.07) is 7.63. The Morgan fingerprint density at radius 3 is 2.00 bits per heavy atom. The molecule has 0 N–H and O–H groups in total. The van der Waals surface area contributed by atoms with Crippen LogP contribution in [0.1, 0.15) is 15.9 Å². The van der Waals surface area contributed by atoms with E-state index >= 15 is 0 Å². The summed E-state index contributed by atoms with van der Waals surface area (Å²) in [5.41, 5.74) is -0.717. The Bertz CT molecular complexity index is 603. The number of rotatable bonds is 4. The molecule has 0 unspecified atom stereocenters. The van der Waals surface area contributed by atoms with Crippen LogP contribution in [-0.2, 0) is 0 Å². The first-order chi connectivity index (χ1) is 9.49. The van der Waals surface area contributed by atoms with Crippen molar-refractivity contribution in [3.8, 4) is 5.75 Å². The van der Waals surface area contributed by atoms with E-state index in [4.69, 9.17) is 0 Å². The Balaban J connectivity index is 2.30. The lowest BCUT2D eigenvalue weighted by molar-refractivity contribution is -0.0498. The van der Waals surface area contributed by atoms with Crippen molar-refractivity contribution in [2.75, 3.05) is 0 Å². The maximum atomic E-state index is 13.5. The minimum Gasteiger partial charge on any atom is -0.435 e. The molecule has 0 saturated carbocycles. The second-order valence-electron chi connectivity index (χ2n) is 3.83. The van der Waals surface area contributed by atoms with Crippen molar-refractivity contribution in [2.24, 2.45) is 0 Å². The molecule has 0 aliphatic heterocycles. The summed E-state index contributed by atoms with van der Waals surface area (Å²) in [6.07, 6.45) is 0. The van der Waals surface area contributed by atoms with Gasteiger partial charge in [0, 0.05) is 5.56 Å². The minimum atomic E-state index is -2.99. The predicted octanol–water partition coefficient (Wildman–Crippen LogP) is 3.80. The number of alkyl halides is 2. The Morgan fingerprint density at radius 2 is 1.50 bits per heavy atom. The molecule has 0 radical (unpaired) electrons. The second kappa shape index (κ2) is 5.73. The van der Waals surface area contributed by atoms with Crippen molar-refractivity contribution in [1.82, 2.24) is 0 Å². The topological polar surface area (TPSA) is 26.3 Å². The molecule has 0 heterocycles. The Labute approximate surface area is 111 Å². The third-order valence-corrected chi connectivity index (χ3v) is 2.53. The zero-order valence-corrected chi connectivity index (χ0v) is 9.95. The van der Waals surface area contributed by atoms with Gasteiger partial charge >= 0.3 is 6.61 Å². The summed E-state index contributed by atoms with van der Waals surface area (Å²) in [7, 11) is 0. The van der Waals surface area contributed by atoms with Crippen molar-refractivity contribution in [1.29, 1.82) is 0 Å². The monoisotopic (exact) mass is 284 g/mol. The van der Waals surface area contributed by atoms with E-state index in [9.17, 15) is 22.4 Å². The zero-order chi connectivity index (χ0) is 14.7. The molecule has 0 amide bonds. The molecule has 0 bridgehead atoms. The highest BCUT2D eigenvalue weighted by molar-refractivity contribution is 6.09. The van der Waals surface area contributed by atoms with Crippen LogP contribution in [0.4, 0.5) is 17.6 Å². The number of carbonyl (C=O) groups excluding carboxylic acids is 1. The average molecular weight is 284 g/mol. The molecule has 2 aromatic carbocycles. The zero-order valence-electron chi connectivity index (χ0n) is 9.95. The Morgan fingerprint density at radius 1 is 0.950 bits per heavy atom. The number of benzene rings is 2. The van der Waals surface area contributed by atoms with Crippen molar-refractivity contribution >= 4 is 5.78 Å². The molecule has 6 heteroatoms. The molecule has 2 nitrogen and oxygen atoms in total. The third-order valence-electron chi connectivity index (χ3n) is 2.53. The summed E-state index contributed by atoms with van der Waals surface area (Å²) < 4.78 is 54.9. The molecule has 0 aliphatic rings. The quantitative estimate of drug-likeness (QED) is 0.630. The van der Waals surface area contributed by atoms with E-state index in [2.05, 4.69) is 4.74 Å². The van der Waals surface area contributed by atoms with E-state index in [1.165, 1.54) is 0 Å². The summed E-state index contributed by atoms with van der Waals surface area (Å²) in [5.74, 6) is -2.99. The van der Waals surface area contributed by atoms with E-state index in [0.717, 1.165) is 42.5 Å². The van der Waals surface area contributed by atoms with Gasteiger partial charge in [-0.25, -0.2) is 8.78 Å². The van der Waals surface area contributed by atoms with Crippen molar-refractivity contribution in [3.05, 3.63) is 65.2 Å². The van der Waals surface area contributed by atoms with Gasteiger partial charge in [0.05, 0.1) is 5.56 Å². The molecule has 2 aromatic rings. The number of hydrogen-bond acceptors (Lipinski definition) is 2. The van der Waals surface area contributed by atoms with E-state index in [-0.39, 0.29) is 11.3 Å². The third kappa shape index (κ3) is 2.96. The maximum Gasteiger partial charge on any atom is 0.387 e. The highest BCUT2D eigenvalue weighted by Crippen LogP contribution is 2.20. The SMILES string of the molecule is O=C(c1ccc(OC(F)F)cc1)c1c(F)cccc1F. The largest absolute Gasteiger partial charge is 0.435 e. The molecule has 0 aliphatic carbocycles. The molecule has 20 heavy (non-hydrogen) atoms. The van der Waals surface area contributed by atoms with Crippen molar-refractivity contribution in [3.63, 3.8) is 0 Å². The summed E-state index contributed by atoms with van der Waals surface area (Å²) in [5, 5.41) is 0. The fourth-order valence-corrected chi connectivity index (χ4v) is 1.65. The first-order valence-corrected chi connectivity index (χ1v) is 5.52. The van der Waals surface area contributed by atoms with Gasteiger partial charge in [0.15, 0.2) is 5.78 Å². The maximum absolute atomic E-state index is 13.5. The van der Waals surface area contributed by atoms with E-state index in [0.29, 0.717) is 0 Å². The van der Waals surface area contributed by atoms with Crippen molar-refractivity contribution < 1.29 is 27.1 Å². The van der Waals surface area contributed by atoms with Crippen LogP contribution in [-0.4, -0.2) is 12.4 Å². The highest BCUT2D eigenvalue weighted by Gasteiger charge is 2.18. The lowest BCUT2D eigenvalue weighted by atomic mass is 10.0. The second-order valence-corrected chi connectivity index (χ2v) is 3.83. The van der Waals surface area contributed by atoms with Crippen LogP contribution >= 0.6 is 0 Å². The smallest absolute Gasteiger partial charge is 0.387 e. The molecule has 2 rings (SSSR count). The van der Waals surface area contributed by atoms with Crippen LogP contribution in [0, 0.1) is 11.6 Å². The molecular weight excluding hydrogens is 276 g/mol. The molecule has 0 atom stereocenters. The molecular formula is C14H8F4O2. The highest BCUT2D eigenvalue weighted by atomic mass is 19.3. The van der Waals surface area contributed by atoms with Crippen molar-refractivity contribution in [2.45, 2.75) is 6.61 Å². The summed E-state index contributed by atoms with van der Waals surface area (Å²) >= 11 is 0. The van der Waals surface area contributed by atoms with Crippen LogP contribution < -0.4 is 4.74 Å². The van der Waals surface area contributed by atoms with Gasteiger partial charge in [-0.3, -0.25) is 4.79 Å². The number of ketones is 1. The van der Waals surface area contributed by atoms with Gasteiger partial charge in [0.25, 0.3) is 0 Å². The fourth-order valence-electron chi connectivity index (χ4n) is 1.65.